The maximum atomic E-state index is 12.1. The van der Waals surface area contributed by atoms with Crippen molar-refractivity contribution in [3.63, 3.8) is 0 Å². The molecule has 1 heterocycles. The van der Waals surface area contributed by atoms with Crippen molar-refractivity contribution in [3.05, 3.63) is 0 Å². The van der Waals surface area contributed by atoms with E-state index in [0.29, 0.717) is 12.6 Å². The summed E-state index contributed by atoms with van der Waals surface area (Å²) in [4.78, 5) is 26.7. The van der Waals surface area contributed by atoms with Crippen LogP contribution in [0.3, 0.4) is 0 Å². The number of rotatable bonds is 4. The lowest BCUT2D eigenvalue weighted by molar-refractivity contribution is -0.125. The van der Waals surface area contributed by atoms with Gasteiger partial charge in [0.15, 0.2) is 0 Å². The highest BCUT2D eigenvalue weighted by Gasteiger charge is 2.29. The predicted molar refractivity (Wildman–Crippen MR) is 78.1 cm³/mol. The Balaban J connectivity index is 1.78. The summed E-state index contributed by atoms with van der Waals surface area (Å²) in [6, 6.07) is -0.0940. The van der Waals surface area contributed by atoms with E-state index in [9.17, 15) is 9.59 Å². The van der Waals surface area contributed by atoms with Gasteiger partial charge in [0.25, 0.3) is 0 Å². The van der Waals surface area contributed by atoms with Gasteiger partial charge in [-0.05, 0) is 18.3 Å². The molecule has 0 radical (unpaired) electrons. The highest BCUT2D eigenvalue weighted by Crippen LogP contribution is 2.32. The molecule has 0 aromatic rings. The number of nitrogens with one attached hydrogen (secondary N) is 1. The van der Waals surface area contributed by atoms with Crippen LogP contribution in [0.25, 0.3) is 0 Å². The largest absolute Gasteiger partial charge is 0.338 e. The van der Waals surface area contributed by atoms with Crippen LogP contribution in [0.2, 0.25) is 0 Å². The van der Waals surface area contributed by atoms with E-state index < -0.39 is 0 Å². The van der Waals surface area contributed by atoms with Crippen molar-refractivity contribution in [3.8, 4) is 0 Å². The number of urea groups is 1. The Bertz CT molecular complexity index is 357. The molecule has 0 spiro atoms. The Labute approximate surface area is 121 Å². The van der Waals surface area contributed by atoms with Crippen LogP contribution >= 0.6 is 0 Å². The molecule has 2 unspecified atom stereocenters. The topological polar surface area (TPSA) is 52.7 Å². The smallest absolute Gasteiger partial charge is 0.319 e. The second-order valence-corrected chi connectivity index (χ2v) is 6.21. The van der Waals surface area contributed by atoms with Crippen LogP contribution in [0.15, 0.2) is 0 Å². The summed E-state index contributed by atoms with van der Waals surface area (Å²) in [6.45, 7) is 3.62. The number of hydrogen-bond donors (Lipinski definition) is 1. The maximum absolute atomic E-state index is 12.1. The molecule has 2 aliphatic rings. The Morgan fingerprint density at radius 3 is 2.60 bits per heavy atom. The minimum absolute atomic E-state index is 0.0154. The third-order valence-electron chi connectivity index (χ3n) is 4.66. The number of amides is 3. The van der Waals surface area contributed by atoms with Crippen LogP contribution in [-0.4, -0.2) is 48.5 Å². The standard InChI is InChI=1S/C15H27N3O2/c1-3-6-12-7-4-5-8-13(12)9-16-15(20)18-10-14(19)17(2)11-18/h12-13H,3-11H2,1-2H3,(H,16,20). The normalized spacial score (nSPS) is 27.0. The minimum Gasteiger partial charge on any atom is -0.338 e. The lowest BCUT2D eigenvalue weighted by Gasteiger charge is -2.32. The zero-order chi connectivity index (χ0) is 14.5. The molecular formula is C15H27N3O2. The van der Waals surface area contributed by atoms with E-state index in [-0.39, 0.29) is 18.5 Å². The molecule has 0 aromatic heterocycles. The molecule has 1 aliphatic heterocycles. The monoisotopic (exact) mass is 281 g/mol. The van der Waals surface area contributed by atoms with Gasteiger partial charge in [-0.1, -0.05) is 39.0 Å². The first-order chi connectivity index (χ1) is 9.61. The summed E-state index contributed by atoms with van der Waals surface area (Å²) in [5.74, 6) is 1.39. The van der Waals surface area contributed by atoms with Gasteiger partial charge in [-0.15, -0.1) is 0 Å². The van der Waals surface area contributed by atoms with Crippen molar-refractivity contribution in [1.82, 2.24) is 15.1 Å². The number of carbonyl (C=O) groups excluding carboxylic acids is 2. The summed E-state index contributed by atoms with van der Waals surface area (Å²) in [5.41, 5.74) is 0. The van der Waals surface area contributed by atoms with Crippen molar-refractivity contribution in [1.29, 1.82) is 0 Å². The van der Waals surface area contributed by atoms with Gasteiger partial charge in [-0.2, -0.15) is 0 Å². The molecular weight excluding hydrogens is 254 g/mol. The van der Waals surface area contributed by atoms with Gasteiger partial charge in [0.1, 0.15) is 6.54 Å². The van der Waals surface area contributed by atoms with Crippen LogP contribution in [0, 0.1) is 11.8 Å². The van der Waals surface area contributed by atoms with Crippen LogP contribution in [0.5, 0.6) is 0 Å². The quantitative estimate of drug-likeness (QED) is 0.857. The van der Waals surface area contributed by atoms with Gasteiger partial charge in [0, 0.05) is 13.6 Å². The van der Waals surface area contributed by atoms with Gasteiger partial charge in [0.05, 0.1) is 6.67 Å². The Morgan fingerprint density at radius 2 is 2.00 bits per heavy atom. The van der Waals surface area contributed by atoms with Gasteiger partial charge in [-0.3, -0.25) is 9.69 Å². The van der Waals surface area contributed by atoms with Gasteiger partial charge in [0.2, 0.25) is 5.91 Å². The molecule has 1 N–H and O–H groups in total. The number of nitrogens with zero attached hydrogens (tertiary/aromatic N) is 2. The minimum atomic E-state index is -0.0940. The second-order valence-electron chi connectivity index (χ2n) is 6.21. The molecule has 1 aliphatic carbocycles. The third-order valence-corrected chi connectivity index (χ3v) is 4.66. The van der Waals surface area contributed by atoms with Gasteiger partial charge < -0.3 is 10.2 Å². The predicted octanol–water partition coefficient (Wildman–Crippen LogP) is 2.03. The van der Waals surface area contributed by atoms with E-state index in [0.717, 1.165) is 12.5 Å². The van der Waals surface area contributed by atoms with Crippen LogP contribution in [0.4, 0.5) is 4.79 Å². The van der Waals surface area contributed by atoms with Crippen LogP contribution < -0.4 is 5.32 Å². The van der Waals surface area contributed by atoms with Gasteiger partial charge >= 0.3 is 6.03 Å². The lowest BCUT2D eigenvalue weighted by atomic mass is 9.77. The summed E-state index contributed by atoms with van der Waals surface area (Å²) in [7, 11) is 1.73. The third kappa shape index (κ3) is 3.64. The summed E-state index contributed by atoms with van der Waals surface area (Å²) in [5, 5.41) is 3.03. The van der Waals surface area contributed by atoms with E-state index in [2.05, 4.69) is 12.2 Å². The summed E-state index contributed by atoms with van der Waals surface area (Å²) >= 11 is 0. The van der Waals surface area contributed by atoms with Crippen molar-refractivity contribution < 1.29 is 9.59 Å². The fourth-order valence-corrected chi connectivity index (χ4v) is 3.44. The molecule has 0 aromatic carbocycles. The zero-order valence-electron chi connectivity index (χ0n) is 12.7. The molecule has 5 nitrogen and oxygen atoms in total. The average molecular weight is 281 g/mol. The summed E-state index contributed by atoms with van der Waals surface area (Å²) in [6.07, 6.45) is 7.64. The van der Waals surface area contributed by atoms with E-state index in [4.69, 9.17) is 0 Å². The van der Waals surface area contributed by atoms with Crippen molar-refractivity contribution >= 4 is 11.9 Å². The van der Waals surface area contributed by atoms with E-state index in [1.54, 1.807) is 16.8 Å². The molecule has 114 valence electrons. The molecule has 2 rings (SSSR count). The molecule has 2 fully saturated rings. The highest BCUT2D eigenvalue weighted by atomic mass is 16.2. The van der Waals surface area contributed by atoms with Gasteiger partial charge in [-0.25, -0.2) is 4.79 Å². The molecule has 2 atom stereocenters. The fourth-order valence-electron chi connectivity index (χ4n) is 3.44. The average Bonchev–Trinajstić information content (AvgIpc) is 2.78. The maximum Gasteiger partial charge on any atom is 0.319 e. The van der Waals surface area contributed by atoms with Crippen molar-refractivity contribution in [2.45, 2.75) is 45.4 Å². The zero-order valence-corrected chi connectivity index (χ0v) is 12.7. The number of likely N-dealkylation sites (N-methyl/N-ethyl adjacent to an activating group) is 1. The SMILES string of the molecule is CCCC1CCCCC1CNC(=O)N1CC(=O)N(C)C1. The first kappa shape index (κ1) is 15.1. The molecule has 1 saturated carbocycles. The fraction of sp³-hybridized carbons (Fsp3) is 0.867. The van der Waals surface area contributed by atoms with Crippen molar-refractivity contribution in [2.75, 3.05) is 26.8 Å². The van der Waals surface area contributed by atoms with E-state index >= 15 is 0 Å². The first-order valence-electron chi connectivity index (χ1n) is 7.88. The van der Waals surface area contributed by atoms with Crippen LogP contribution in [0.1, 0.15) is 45.4 Å². The highest BCUT2D eigenvalue weighted by molar-refractivity contribution is 5.86. The number of carbonyl (C=O) groups is 2. The Hall–Kier alpha value is -1.26. The van der Waals surface area contributed by atoms with E-state index in [1.165, 1.54) is 38.5 Å². The summed E-state index contributed by atoms with van der Waals surface area (Å²) < 4.78 is 0. The molecule has 1 saturated heterocycles. The molecule has 5 heteroatoms. The van der Waals surface area contributed by atoms with E-state index in [1.807, 2.05) is 0 Å². The lowest BCUT2D eigenvalue weighted by Crippen LogP contribution is -2.42. The molecule has 3 amide bonds. The molecule has 20 heavy (non-hydrogen) atoms. The molecule has 0 bridgehead atoms. The first-order valence-corrected chi connectivity index (χ1v) is 7.88. The van der Waals surface area contributed by atoms with Crippen molar-refractivity contribution in [2.24, 2.45) is 11.8 Å². The van der Waals surface area contributed by atoms with Crippen LogP contribution in [-0.2, 0) is 4.79 Å². The Morgan fingerprint density at radius 1 is 1.30 bits per heavy atom. The number of hydrogen-bond acceptors (Lipinski definition) is 2. The second kappa shape index (κ2) is 6.95. The Kier molecular flexibility index (Phi) is 5.26.